The Kier molecular flexibility index (Phi) is 3.75. The smallest absolute Gasteiger partial charge is 0.235 e. The van der Waals surface area contributed by atoms with Crippen molar-refractivity contribution in [3.63, 3.8) is 0 Å². The van der Waals surface area contributed by atoms with Crippen molar-refractivity contribution < 1.29 is 9.10 Å². The number of pyridine rings is 1. The third-order valence-electron chi connectivity index (χ3n) is 3.37. The summed E-state index contributed by atoms with van der Waals surface area (Å²) < 4.78 is 7.72. The molecule has 0 aromatic carbocycles. The van der Waals surface area contributed by atoms with Gasteiger partial charge in [-0.1, -0.05) is 25.4 Å². The lowest BCUT2D eigenvalue weighted by Crippen LogP contribution is -2.49. The summed E-state index contributed by atoms with van der Waals surface area (Å²) in [5, 5.41) is 0.237. The maximum absolute atomic E-state index is 6.10. The van der Waals surface area contributed by atoms with E-state index in [0.717, 1.165) is 5.69 Å². The molecule has 0 fully saturated rings. The maximum atomic E-state index is 6.10. The minimum atomic E-state index is -1.68. The van der Waals surface area contributed by atoms with Gasteiger partial charge in [0.25, 0.3) is 0 Å². The van der Waals surface area contributed by atoms with Gasteiger partial charge in [-0.15, -0.1) is 0 Å². The Balaban J connectivity index is 2.69. The van der Waals surface area contributed by atoms with E-state index in [-0.39, 0.29) is 5.04 Å². The second-order valence-corrected chi connectivity index (χ2v) is 10.5. The maximum Gasteiger partial charge on any atom is 0.235 e. The fourth-order valence-electron chi connectivity index (χ4n) is 1.08. The zero-order chi connectivity index (χ0) is 12.4. The lowest BCUT2D eigenvalue weighted by atomic mass is 10.2. The van der Waals surface area contributed by atoms with Crippen molar-refractivity contribution in [3.05, 3.63) is 30.1 Å². The molecule has 0 unspecified atom stereocenters. The number of hydrogen-bond acceptors (Lipinski definition) is 2. The summed E-state index contributed by atoms with van der Waals surface area (Å²) >= 11 is 0. The minimum absolute atomic E-state index is 0.237. The van der Waals surface area contributed by atoms with Crippen molar-refractivity contribution in [3.8, 4) is 0 Å². The van der Waals surface area contributed by atoms with Gasteiger partial charge in [0.15, 0.2) is 14.5 Å². The first-order valence-corrected chi connectivity index (χ1v) is 8.53. The molecule has 0 radical (unpaired) electrons. The molecule has 16 heavy (non-hydrogen) atoms. The number of aromatic nitrogens is 1. The molecule has 0 spiro atoms. The predicted molar refractivity (Wildman–Crippen MR) is 68.8 cm³/mol. The van der Waals surface area contributed by atoms with E-state index in [1.165, 1.54) is 0 Å². The van der Waals surface area contributed by atoms with E-state index in [4.69, 9.17) is 10.3 Å². The number of nitrogens with two attached hydrogens (primary N) is 1. The van der Waals surface area contributed by atoms with Crippen LogP contribution in [0.3, 0.4) is 0 Å². The molecule has 0 atom stereocenters. The highest BCUT2D eigenvalue weighted by atomic mass is 28.4. The molecule has 90 valence electrons. The quantitative estimate of drug-likeness (QED) is 0.499. The van der Waals surface area contributed by atoms with E-state index in [9.17, 15) is 0 Å². The van der Waals surface area contributed by atoms with E-state index in [0.29, 0.717) is 6.61 Å². The van der Waals surface area contributed by atoms with Crippen molar-refractivity contribution in [2.75, 3.05) is 5.84 Å². The predicted octanol–water partition coefficient (Wildman–Crippen LogP) is 2.21. The average molecular weight is 239 g/mol. The van der Waals surface area contributed by atoms with Gasteiger partial charge in [-0.25, -0.2) is 5.84 Å². The number of hydrogen-bond donors (Lipinski definition) is 1. The standard InChI is InChI=1S/C12H23N2OSi/c1-12(2,3)16(4,5)15-10-11-8-6-7-9-14(11)13/h6-9H,10,13H2,1-5H3/q+1. The minimum Gasteiger partial charge on any atom is -0.406 e. The van der Waals surface area contributed by atoms with Gasteiger partial charge < -0.3 is 4.43 Å². The van der Waals surface area contributed by atoms with E-state index in [2.05, 4.69) is 33.9 Å². The van der Waals surface area contributed by atoms with Crippen LogP contribution in [0.5, 0.6) is 0 Å². The molecule has 0 aliphatic heterocycles. The molecular weight excluding hydrogens is 216 g/mol. The highest BCUT2D eigenvalue weighted by molar-refractivity contribution is 6.74. The van der Waals surface area contributed by atoms with Crippen LogP contribution < -0.4 is 10.5 Å². The molecule has 3 nitrogen and oxygen atoms in total. The second-order valence-electron chi connectivity index (χ2n) is 5.65. The molecule has 0 saturated heterocycles. The molecule has 0 saturated carbocycles. The summed E-state index contributed by atoms with van der Waals surface area (Å²) in [6.07, 6.45) is 1.84. The van der Waals surface area contributed by atoms with Gasteiger partial charge in [-0.3, -0.25) is 0 Å². The highest BCUT2D eigenvalue weighted by Gasteiger charge is 2.37. The van der Waals surface area contributed by atoms with Gasteiger partial charge in [-0.2, -0.15) is 0 Å². The van der Waals surface area contributed by atoms with Crippen molar-refractivity contribution in [2.24, 2.45) is 0 Å². The molecule has 0 amide bonds. The summed E-state index contributed by atoms with van der Waals surface area (Å²) in [4.78, 5) is 0. The number of rotatable bonds is 3. The molecule has 1 rings (SSSR count). The van der Waals surface area contributed by atoms with Crippen LogP contribution in [-0.2, 0) is 11.0 Å². The molecular formula is C12H23N2OSi+. The van der Waals surface area contributed by atoms with Crippen LogP contribution >= 0.6 is 0 Å². The van der Waals surface area contributed by atoms with Gasteiger partial charge in [0, 0.05) is 12.1 Å². The zero-order valence-electron chi connectivity index (χ0n) is 10.9. The molecule has 4 heteroatoms. The summed E-state index contributed by atoms with van der Waals surface area (Å²) in [7, 11) is -1.68. The van der Waals surface area contributed by atoms with Crippen molar-refractivity contribution in [1.82, 2.24) is 0 Å². The average Bonchev–Trinajstić information content (AvgIpc) is 2.15. The summed E-state index contributed by atoms with van der Waals surface area (Å²) in [5.74, 6) is 5.81. The lowest BCUT2D eigenvalue weighted by Gasteiger charge is -2.35. The molecule has 1 aromatic heterocycles. The molecule has 2 N–H and O–H groups in total. The zero-order valence-corrected chi connectivity index (χ0v) is 11.9. The first kappa shape index (κ1) is 13.2. The fraction of sp³-hybridized carbons (Fsp3) is 0.583. The Morgan fingerprint density at radius 3 is 2.44 bits per heavy atom. The molecule has 1 aromatic rings. The molecule has 1 heterocycles. The van der Waals surface area contributed by atoms with Gasteiger partial charge in [0.2, 0.25) is 5.69 Å². The van der Waals surface area contributed by atoms with Crippen LogP contribution in [0, 0.1) is 0 Å². The Labute approximate surface area is 99.3 Å². The van der Waals surface area contributed by atoms with E-state index in [1.54, 1.807) is 4.68 Å². The third kappa shape index (κ3) is 3.06. The van der Waals surface area contributed by atoms with Crippen LogP contribution in [0.4, 0.5) is 0 Å². The van der Waals surface area contributed by atoms with E-state index >= 15 is 0 Å². The van der Waals surface area contributed by atoms with Crippen molar-refractivity contribution >= 4 is 8.32 Å². The van der Waals surface area contributed by atoms with Crippen LogP contribution in [0.2, 0.25) is 18.1 Å². The molecule has 0 aliphatic rings. The largest absolute Gasteiger partial charge is 0.406 e. The monoisotopic (exact) mass is 239 g/mol. The van der Waals surface area contributed by atoms with Gasteiger partial charge in [0.1, 0.15) is 6.61 Å². The fourth-order valence-corrected chi connectivity index (χ4v) is 2.03. The second kappa shape index (κ2) is 4.55. The van der Waals surface area contributed by atoms with Crippen LogP contribution in [0.15, 0.2) is 24.4 Å². The number of nitrogens with zero attached hydrogens (tertiary/aromatic N) is 1. The Morgan fingerprint density at radius 2 is 1.94 bits per heavy atom. The Hall–Kier alpha value is -0.873. The summed E-state index contributed by atoms with van der Waals surface area (Å²) in [6.45, 7) is 11.8. The third-order valence-corrected chi connectivity index (χ3v) is 7.84. The summed E-state index contributed by atoms with van der Waals surface area (Å²) in [5.41, 5.74) is 1.01. The van der Waals surface area contributed by atoms with Crippen LogP contribution in [0.25, 0.3) is 0 Å². The molecule has 0 aliphatic carbocycles. The molecule has 0 bridgehead atoms. The van der Waals surface area contributed by atoms with Crippen LogP contribution in [-0.4, -0.2) is 8.32 Å². The van der Waals surface area contributed by atoms with Crippen LogP contribution in [0.1, 0.15) is 26.5 Å². The van der Waals surface area contributed by atoms with Gasteiger partial charge in [-0.05, 0) is 24.2 Å². The van der Waals surface area contributed by atoms with Gasteiger partial charge in [0.05, 0.1) is 0 Å². The lowest BCUT2D eigenvalue weighted by molar-refractivity contribution is -0.648. The first-order valence-electron chi connectivity index (χ1n) is 5.63. The topological polar surface area (TPSA) is 39.1 Å². The van der Waals surface area contributed by atoms with Crippen molar-refractivity contribution in [2.45, 2.75) is 45.5 Å². The highest BCUT2D eigenvalue weighted by Crippen LogP contribution is 2.36. The Bertz CT molecular complexity index is 358. The van der Waals surface area contributed by atoms with E-state index in [1.807, 2.05) is 24.4 Å². The van der Waals surface area contributed by atoms with Gasteiger partial charge >= 0.3 is 0 Å². The summed E-state index contributed by atoms with van der Waals surface area (Å²) in [6, 6.07) is 5.89. The SMILES string of the molecule is CC(C)(C)[Si](C)(C)OCc1cccc[n+]1N. The van der Waals surface area contributed by atoms with E-state index < -0.39 is 8.32 Å². The normalized spacial score (nSPS) is 12.8. The Morgan fingerprint density at radius 1 is 1.31 bits per heavy atom. The van der Waals surface area contributed by atoms with Crippen molar-refractivity contribution in [1.29, 1.82) is 0 Å². The number of nitrogen functional groups attached to an aromatic ring is 1. The first-order chi connectivity index (χ1) is 7.24.